The van der Waals surface area contributed by atoms with Gasteiger partial charge in [-0.3, -0.25) is 19.6 Å². The Bertz CT molecular complexity index is 847. The summed E-state index contributed by atoms with van der Waals surface area (Å²) in [4.78, 5) is 33.1. The lowest BCUT2D eigenvalue weighted by molar-refractivity contribution is -0.122. The van der Waals surface area contributed by atoms with Crippen LogP contribution in [0.25, 0.3) is 0 Å². The van der Waals surface area contributed by atoms with Gasteiger partial charge < -0.3 is 0 Å². The molecule has 0 N–H and O–H groups in total. The van der Waals surface area contributed by atoms with Crippen LogP contribution in [-0.4, -0.2) is 21.5 Å². The maximum atomic E-state index is 12.7. The summed E-state index contributed by atoms with van der Waals surface area (Å²) in [6, 6.07) is 3.89. The van der Waals surface area contributed by atoms with Crippen molar-refractivity contribution in [3.8, 4) is 0 Å². The van der Waals surface area contributed by atoms with Gasteiger partial charge in [-0.1, -0.05) is 0 Å². The second-order valence-corrected chi connectivity index (χ2v) is 6.99. The first-order valence-corrected chi connectivity index (χ1v) is 7.96. The molecular weight excluding hydrogens is 344 g/mol. The molecule has 2 aliphatic carbocycles. The van der Waals surface area contributed by atoms with E-state index in [2.05, 4.69) is 25.9 Å². The predicted octanol–water partition coefficient (Wildman–Crippen LogP) is 2.60. The summed E-state index contributed by atoms with van der Waals surface area (Å²) in [6.07, 6.45) is 4.94. The highest BCUT2D eigenvalue weighted by molar-refractivity contribution is 9.10. The van der Waals surface area contributed by atoms with Crippen molar-refractivity contribution in [2.24, 2.45) is 0 Å². The third-order valence-electron chi connectivity index (χ3n) is 4.74. The largest absolute Gasteiger partial charge is 0.298 e. The summed E-state index contributed by atoms with van der Waals surface area (Å²) in [5, 5.41) is 0. The van der Waals surface area contributed by atoms with Crippen LogP contribution in [0, 0.1) is 0 Å². The summed E-state index contributed by atoms with van der Waals surface area (Å²) in [7, 11) is 0. The fraction of sp³-hybridized carbons (Fsp3) is 0.294. The normalized spacial score (nSPS) is 22.0. The fourth-order valence-corrected chi connectivity index (χ4v) is 3.93. The van der Waals surface area contributed by atoms with Gasteiger partial charge in [-0.05, 0) is 52.5 Å². The molecular formula is C17H13BrN2O2. The van der Waals surface area contributed by atoms with Crippen LogP contribution < -0.4 is 0 Å². The number of fused-ring (bicyclic) bond motifs is 3. The molecule has 4 nitrogen and oxygen atoms in total. The molecule has 2 aromatic heterocycles. The monoisotopic (exact) mass is 356 g/mol. The molecule has 0 amide bonds. The second kappa shape index (κ2) is 4.56. The van der Waals surface area contributed by atoms with Crippen LogP contribution >= 0.6 is 15.9 Å². The van der Waals surface area contributed by atoms with Crippen molar-refractivity contribution in [2.75, 3.05) is 0 Å². The van der Waals surface area contributed by atoms with Crippen LogP contribution in [-0.2, 0) is 29.5 Å². The number of hydrogen-bond donors (Lipinski definition) is 0. The molecule has 2 aromatic rings. The van der Waals surface area contributed by atoms with Gasteiger partial charge >= 0.3 is 0 Å². The molecule has 0 fully saturated rings. The first kappa shape index (κ1) is 13.8. The Hall–Kier alpha value is -1.88. The lowest BCUT2D eigenvalue weighted by Crippen LogP contribution is -2.32. The highest BCUT2D eigenvalue weighted by Crippen LogP contribution is 2.46. The van der Waals surface area contributed by atoms with Crippen molar-refractivity contribution in [3.05, 3.63) is 57.1 Å². The zero-order valence-electron chi connectivity index (χ0n) is 12.0. The van der Waals surface area contributed by atoms with Gasteiger partial charge in [-0.25, -0.2) is 0 Å². The number of aromatic nitrogens is 2. The van der Waals surface area contributed by atoms with Gasteiger partial charge in [0, 0.05) is 41.0 Å². The summed E-state index contributed by atoms with van der Waals surface area (Å²) in [6.45, 7) is 1.53. The van der Waals surface area contributed by atoms with E-state index in [0.29, 0.717) is 24.8 Å². The van der Waals surface area contributed by atoms with Crippen molar-refractivity contribution in [1.29, 1.82) is 0 Å². The van der Waals surface area contributed by atoms with Gasteiger partial charge in [-0.15, -0.1) is 0 Å². The highest BCUT2D eigenvalue weighted by Gasteiger charge is 2.51. The number of nitrogens with zero attached hydrogens (tertiary/aromatic N) is 2. The average molecular weight is 357 g/mol. The van der Waals surface area contributed by atoms with Crippen molar-refractivity contribution in [3.63, 3.8) is 0 Å². The molecule has 0 unspecified atom stereocenters. The van der Waals surface area contributed by atoms with Crippen LogP contribution in [0.5, 0.6) is 0 Å². The summed E-state index contributed by atoms with van der Waals surface area (Å²) in [5.41, 5.74) is 3.87. The quantitative estimate of drug-likeness (QED) is 0.737. The van der Waals surface area contributed by atoms with Gasteiger partial charge in [0.1, 0.15) is 5.78 Å². The first-order valence-electron chi connectivity index (χ1n) is 7.16. The topological polar surface area (TPSA) is 59.9 Å². The molecule has 5 heteroatoms. The van der Waals surface area contributed by atoms with Crippen molar-refractivity contribution in [2.45, 2.75) is 31.6 Å². The zero-order chi connectivity index (χ0) is 15.5. The van der Waals surface area contributed by atoms with E-state index >= 15 is 0 Å². The van der Waals surface area contributed by atoms with E-state index in [9.17, 15) is 9.59 Å². The predicted molar refractivity (Wildman–Crippen MR) is 84.0 cm³/mol. The second-order valence-electron chi connectivity index (χ2n) is 6.07. The van der Waals surface area contributed by atoms with Crippen LogP contribution in [0.4, 0.5) is 0 Å². The lowest BCUT2D eigenvalue weighted by atomic mass is 9.79. The highest BCUT2D eigenvalue weighted by atomic mass is 79.9. The van der Waals surface area contributed by atoms with E-state index < -0.39 is 5.41 Å². The number of Topliss-reactive ketones (excluding diaryl/α,β-unsaturated/α-hetero) is 2. The third-order valence-corrected chi connectivity index (χ3v) is 5.18. The van der Waals surface area contributed by atoms with E-state index in [4.69, 9.17) is 0 Å². The van der Waals surface area contributed by atoms with Crippen molar-refractivity contribution < 1.29 is 9.59 Å². The third kappa shape index (κ3) is 1.81. The van der Waals surface area contributed by atoms with Crippen LogP contribution in [0.2, 0.25) is 0 Å². The Morgan fingerprint density at radius 2 is 1.95 bits per heavy atom. The Morgan fingerprint density at radius 1 is 1.18 bits per heavy atom. The number of halogens is 1. The lowest BCUT2D eigenvalue weighted by Gasteiger charge is -2.22. The first-order chi connectivity index (χ1) is 10.5. The molecule has 0 radical (unpaired) electrons. The van der Waals surface area contributed by atoms with Crippen molar-refractivity contribution >= 4 is 27.5 Å². The van der Waals surface area contributed by atoms with Gasteiger partial charge in [0.25, 0.3) is 0 Å². The van der Waals surface area contributed by atoms with E-state index in [0.717, 1.165) is 27.0 Å². The van der Waals surface area contributed by atoms with Gasteiger partial charge in [0.2, 0.25) is 0 Å². The molecule has 0 bridgehead atoms. The van der Waals surface area contributed by atoms with Gasteiger partial charge in [0.05, 0.1) is 11.1 Å². The summed E-state index contributed by atoms with van der Waals surface area (Å²) < 4.78 is 0.883. The fourth-order valence-electron chi connectivity index (χ4n) is 3.60. The molecule has 1 spiro atoms. The molecule has 2 heterocycles. The molecule has 0 saturated heterocycles. The van der Waals surface area contributed by atoms with E-state index in [1.807, 2.05) is 12.1 Å². The Morgan fingerprint density at radius 3 is 2.73 bits per heavy atom. The SMILES string of the molecule is CC(=O)c1cnc2c(c1)C[C@@]1(C2)C(=O)Cc2ncc(Br)cc21. The number of carbonyl (C=O) groups is 2. The number of hydrogen-bond acceptors (Lipinski definition) is 4. The van der Waals surface area contributed by atoms with E-state index in [1.54, 1.807) is 12.4 Å². The summed E-state index contributed by atoms with van der Waals surface area (Å²) in [5.74, 6) is 0.203. The molecule has 1 atom stereocenters. The minimum atomic E-state index is -0.545. The molecule has 0 aliphatic heterocycles. The number of rotatable bonds is 1. The van der Waals surface area contributed by atoms with Crippen molar-refractivity contribution in [1.82, 2.24) is 9.97 Å². The standard InChI is InChI=1S/C17H13BrN2O2/c1-9(21)11-2-10-5-17(6-15(10)19-7-11)13-3-12(18)8-20-14(13)4-16(17)22/h2-3,7-8H,4-6H2,1H3/t17-/m0/s1. The number of ketones is 2. The minimum absolute atomic E-state index is 0.00110. The minimum Gasteiger partial charge on any atom is -0.298 e. The number of pyridine rings is 2. The maximum absolute atomic E-state index is 12.7. The molecule has 0 aromatic carbocycles. The van der Waals surface area contributed by atoms with Crippen LogP contribution in [0.1, 0.15) is 39.8 Å². The Kier molecular flexibility index (Phi) is 2.85. The molecule has 0 saturated carbocycles. The smallest absolute Gasteiger partial charge is 0.161 e. The van der Waals surface area contributed by atoms with Crippen LogP contribution in [0.3, 0.4) is 0 Å². The van der Waals surface area contributed by atoms with E-state index in [1.165, 1.54) is 6.92 Å². The molecule has 110 valence electrons. The molecule has 22 heavy (non-hydrogen) atoms. The Labute approximate surface area is 136 Å². The average Bonchev–Trinajstić information content (AvgIpc) is 2.99. The molecule has 4 rings (SSSR count). The molecule has 2 aliphatic rings. The van der Waals surface area contributed by atoms with Crippen LogP contribution in [0.15, 0.2) is 29.0 Å². The maximum Gasteiger partial charge on any atom is 0.161 e. The summed E-state index contributed by atoms with van der Waals surface area (Å²) >= 11 is 3.45. The Balaban J connectivity index is 1.84. The van der Waals surface area contributed by atoms with Gasteiger partial charge in [0.15, 0.2) is 5.78 Å². The zero-order valence-corrected chi connectivity index (χ0v) is 13.6. The number of carbonyl (C=O) groups excluding carboxylic acids is 2. The van der Waals surface area contributed by atoms with E-state index in [-0.39, 0.29) is 11.6 Å². The van der Waals surface area contributed by atoms with Gasteiger partial charge in [-0.2, -0.15) is 0 Å².